The molecule has 31 heavy (non-hydrogen) atoms. The summed E-state index contributed by atoms with van der Waals surface area (Å²) in [6, 6.07) is 4.42. The maximum Gasteiger partial charge on any atom is 0.338 e. The van der Waals surface area contributed by atoms with E-state index in [1.54, 1.807) is 0 Å². The summed E-state index contributed by atoms with van der Waals surface area (Å²) in [6.07, 6.45) is 3.89. The van der Waals surface area contributed by atoms with E-state index >= 15 is 0 Å². The highest BCUT2D eigenvalue weighted by Gasteiger charge is 2.36. The van der Waals surface area contributed by atoms with Crippen molar-refractivity contribution in [2.24, 2.45) is 17.8 Å². The quantitative estimate of drug-likeness (QED) is 0.531. The molecule has 168 valence electrons. The van der Waals surface area contributed by atoms with Gasteiger partial charge in [-0.25, -0.2) is 4.79 Å². The highest BCUT2D eigenvalue weighted by atomic mass is 16.5. The van der Waals surface area contributed by atoms with E-state index in [0.29, 0.717) is 36.3 Å². The Kier molecular flexibility index (Phi) is 7.13. The lowest BCUT2D eigenvalue weighted by Crippen LogP contribution is -2.45. The monoisotopic (exact) mass is 428 g/mol. The van der Waals surface area contributed by atoms with Crippen LogP contribution in [0.4, 0.5) is 0 Å². The topological polar surface area (TPSA) is 92.8 Å². The van der Waals surface area contributed by atoms with Crippen LogP contribution in [0.1, 0.15) is 84.5 Å². The van der Waals surface area contributed by atoms with Crippen molar-refractivity contribution in [1.29, 1.82) is 0 Å². The summed E-state index contributed by atoms with van der Waals surface area (Å²) in [5, 5.41) is 2.97. The number of amides is 3. The molecule has 3 rings (SSSR count). The summed E-state index contributed by atoms with van der Waals surface area (Å²) in [5.74, 6) is -0.457. The molecule has 7 nitrogen and oxygen atoms in total. The third kappa shape index (κ3) is 5.14. The van der Waals surface area contributed by atoms with Crippen LogP contribution >= 0.6 is 0 Å². The lowest BCUT2D eigenvalue weighted by atomic mass is 9.78. The number of hydrogen-bond donors (Lipinski definition) is 1. The van der Waals surface area contributed by atoms with Crippen molar-refractivity contribution in [3.63, 3.8) is 0 Å². The lowest BCUT2D eigenvalue weighted by molar-refractivity contribution is -0.125. The number of carbonyl (C=O) groups excluding carboxylic acids is 4. The van der Waals surface area contributed by atoms with Crippen LogP contribution in [-0.4, -0.2) is 47.8 Å². The van der Waals surface area contributed by atoms with Crippen LogP contribution in [0.15, 0.2) is 18.2 Å². The Morgan fingerprint density at radius 3 is 2.55 bits per heavy atom. The Morgan fingerprint density at radius 2 is 1.84 bits per heavy atom. The molecule has 1 aliphatic heterocycles. The summed E-state index contributed by atoms with van der Waals surface area (Å²) < 4.78 is 5.16. The first-order valence-electron chi connectivity index (χ1n) is 11.2. The van der Waals surface area contributed by atoms with Gasteiger partial charge in [-0.1, -0.05) is 40.5 Å². The number of carbonyl (C=O) groups is 4. The standard InChI is InChI=1S/C24H32N2O5/c1-14(2)10-11-26-22(28)18-9-8-17(12-19(18)23(26)29)24(30)31-13-21(27)25-20-7-5-6-15(3)16(20)4/h8-9,12,14-16,20H,5-7,10-11,13H2,1-4H3,(H,25,27)/t15-,16-,20+/m1/s1. The van der Waals surface area contributed by atoms with E-state index in [2.05, 4.69) is 19.2 Å². The summed E-state index contributed by atoms with van der Waals surface area (Å²) in [6.45, 7) is 8.35. The average molecular weight is 429 g/mol. The normalized spacial score (nSPS) is 23.1. The highest BCUT2D eigenvalue weighted by Crippen LogP contribution is 2.29. The molecule has 2 aliphatic rings. The van der Waals surface area contributed by atoms with Crippen LogP contribution < -0.4 is 5.32 Å². The maximum atomic E-state index is 12.6. The zero-order valence-electron chi connectivity index (χ0n) is 18.8. The molecule has 0 saturated heterocycles. The third-order valence-electron chi connectivity index (χ3n) is 6.52. The minimum Gasteiger partial charge on any atom is -0.452 e. The van der Waals surface area contributed by atoms with E-state index in [9.17, 15) is 19.2 Å². The number of hydrogen-bond acceptors (Lipinski definition) is 5. The van der Waals surface area contributed by atoms with E-state index in [1.165, 1.54) is 23.1 Å². The van der Waals surface area contributed by atoms with Gasteiger partial charge in [-0.2, -0.15) is 0 Å². The van der Waals surface area contributed by atoms with Crippen LogP contribution in [0.3, 0.4) is 0 Å². The van der Waals surface area contributed by atoms with E-state index in [-0.39, 0.29) is 35.6 Å². The second kappa shape index (κ2) is 9.62. The first-order valence-corrected chi connectivity index (χ1v) is 11.2. The molecule has 3 amide bonds. The number of rotatable bonds is 7. The van der Waals surface area contributed by atoms with Gasteiger partial charge in [-0.3, -0.25) is 19.3 Å². The fraction of sp³-hybridized carbons (Fsp3) is 0.583. The minimum absolute atomic E-state index is 0.0930. The van der Waals surface area contributed by atoms with Crippen LogP contribution in [0.2, 0.25) is 0 Å². The first-order chi connectivity index (χ1) is 14.7. The van der Waals surface area contributed by atoms with Crippen molar-refractivity contribution in [2.45, 2.75) is 59.4 Å². The zero-order chi connectivity index (χ0) is 22.7. The van der Waals surface area contributed by atoms with Gasteiger partial charge in [0.15, 0.2) is 6.61 Å². The van der Waals surface area contributed by atoms with Gasteiger partial charge in [-0.15, -0.1) is 0 Å². The van der Waals surface area contributed by atoms with Crippen LogP contribution in [0.25, 0.3) is 0 Å². The molecule has 1 heterocycles. The van der Waals surface area contributed by atoms with Crippen LogP contribution in [0, 0.1) is 17.8 Å². The number of esters is 1. The SMILES string of the molecule is CC(C)CCN1C(=O)c2ccc(C(=O)OCC(=O)N[C@H]3CCC[C@@H](C)[C@H]3C)cc2C1=O. The fourth-order valence-corrected chi connectivity index (χ4v) is 4.26. The van der Waals surface area contributed by atoms with Gasteiger partial charge < -0.3 is 10.1 Å². The van der Waals surface area contributed by atoms with E-state index < -0.39 is 11.9 Å². The van der Waals surface area contributed by atoms with Crippen molar-refractivity contribution in [3.8, 4) is 0 Å². The highest BCUT2D eigenvalue weighted by molar-refractivity contribution is 6.22. The number of nitrogens with zero attached hydrogens (tertiary/aromatic N) is 1. The molecule has 0 spiro atoms. The molecule has 1 aromatic rings. The van der Waals surface area contributed by atoms with Gasteiger partial charge in [0, 0.05) is 12.6 Å². The lowest BCUT2D eigenvalue weighted by Gasteiger charge is -2.34. The van der Waals surface area contributed by atoms with E-state index in [4.69, 9.17) is 4.74 Å². The molecular formula is C24H32N2O5. The number of nitrogens with one attached hydrogen (secondary N) is 1. The van der Waals surface area contributed by atoms with Gasteiger partial charge in [-0.05, 0) is 48.8 Å². The summed E-state index contributed by atoms with van der Waals surface area (Å²) in [5.41, 5.74) is 0.652. The minimum atomic E-state index is -0.691. The molecule has 3 atom stereocenters. The van der Waals surface area contributed by atoms with E-state index in [0.717, 1.165) is 19.3 Å². The Bertz CT molecular complexity index is 879. The molecule has 7 heteroatoms. The summed E-state index contributed by atoms with van der Waals surface area (Å²) >= 11 is 0. The Morgan fingerprint density at radius 1 is 1.13 bits per heavy atom. The van der Waals surface area contributed by atoms with Gasteiger partial charge in [0.1, 0.15) is 0 Å². The van der Waals surface area contributed by atoms with Crippen molar-refractivity contribution in [2.75, 3.05) is 13.2 Å². The van der Waals surface area contributed by atoms with Gasteiger partial charge >= 0.3 is 5.97 Å². The van der Waals surface area contributed by atoms with Crippen LogP contribution in [0.5, 0.6) is 0 Å². The third-order valence-corrected chi connectivity index (χ3v) is 6.52. The molecule has 0 aromatic heterocycles. The van der Waals surface area contributed by atoms with Gasteiger partial charge in [0.05, 0.1) is 16.7 Å². The Labute approximate surface area is 183 Å². The second-order valence-corrected chi connectivity index (χ2v) is 9.22. The van der Waals surface area contributed by atoms with E-state index in [1.807, 2.05) is 13.8 Å². The second-order valence-electron chi connectivity index (χ2n) is 9.22. The number of fused-ring (bicyclic) bond motifs is 1. The summed E-state index contributed by atoms with van der Waals surface area (Å²) in [4.78, 5) is 51.0. The van der Waals surface area contributed by atoms with Crippen molar-refractivity contribution >= 4 is 23.7 Å². The zero-order valence-corrected chi connectivity index (χ0v) is 18.8. The molecule has 0 bridgehead atoms. The molecular weight excluding hydrogens is 396 g/mol. The Hall–Kier alpha value is -2.70. The predicted molar refractivity (Wildman–Crippen MR) is 116 cm³/mol. The first kappa shape index (κ1) is 23.0. The summed E-state index contributed by atoms with van der Waals surface area (Å²) in [7, 11) is 0. The van der Waals surface area contributed by atoms with Crippen molar-refractivity contribution in [3.05, 3.63) is 34.9 Å². The van der Waals surface area contributed by atoms with Gasteiger partial charge in [0.25, 0.3) is 17.7 Å². The fourth-order valence-electron chi connectivity index (χ4n) is 4.26. The van der Waals surface area contributed by atoms with Gasteiger partial charge in [0.2, 0.25) is 0 Å². The molecule has 1 saturated carbocycles. The molecule has 0 radical (unpaired) electrons. The van der Waals surface area contributed by atoms with Crippen molar-refractivity contribution in [1.82, 2.24) is 10.2 Å². The van der Waals surface area contributed by atoms with Crippen LogP contribution in [-0.2, 0) is 9.53 Å². The van der Waals surface area contributed by atoms with Crippen molar-refractivity contribution < 1.29 is 23.9 Å². The molecule has 1 aromatic carbocycles. The number of imide groups is 1. The predicted octanol–water partition coefficient (Wildman–Crippen LogP) is 3.43. The maximum absolute atomic E-state index is 12.6. The molecule has 1 aliphatic carbocycles. The average Bonchev–Trinajstić information content (AvgIpc) is 2.97. The smallest absolute Gasteiger partial charge is 0.338 e. The number of ether oxygens (including phenoxy) is 1. The molecule has 0 unspecified atom stereocenters. The molecule has 1 N–H and O–H groups in total. The number of benzene rings is 1. The largest absolute Gasteiger partial charge is 0.452 e. The molecule has 1 fully saturated rings. The Balaban J connectivity index is 1.58.